The fourth-order valence-corrected chi connectivity index (χ4v) is 15.4. The van der Waals surface area contributed by atoms with Crippen molar-refractivity contribution >= 4 is 22.7 Å². The summed E-state index contributed by atoms with van der Waals surface area (Å²) in [6, 6.07) is 0. The minimum absolute atomic E-state index is 0.275. The van der Waals surface area contributed by atoms with Gasteiger partial charge in [0.25, 0.3) is 0 Å². The zero-order valence-corrected chi connectivity index (χ0v) is 78.4. The molecule has 24 heteroatoms. The third-order valence-corrected chi connectivity index (χ3v) is 27.0. The summed E-state index contributed by atoms with van der Waals surface area (Å²) >= 11 is 3.35. The summed E-state index contributed by atoms with van der Waals surface area (Å²) in [6.07, 6.45) is 0. The van der Waals surface area contributed by atoms with Crippen LogP contribution in [0, 0.1) is 256 Å². The van der Waals surface area contributed by atoms with Crippen molar-refractivity contribution in [1.82, 2.24) is 79.4 Å². The second-order valence-electron chi connectivity index (χ2n) is 31.5. The van der Waals surface area contributed by atoms with E-state index in [1.165, 1.54) is 60.0 Å². The Hall–Kier alpha value is -11.0. The van der Waals surface area contributed by atoms with Crippen LogP contribution in [-0.4, -0.2) is 99.8 Å². The van der Waals surface area contributed by atoms with E-state index in [1.807, 2.05) is 183 Å². The number of imidazole rings is 2. The van der Waals surface area contributed by atoms with Crippen molar-refractivity contribution in [3.63, 3.8) is 0 Å². The molecule has 0 radical (unpaired) electrons. The molecule has 0 aliphatic heterocycles. The minimum Gasteiger partial charge on any atom is -0.507 e. The molecule has 624 valence electrons. The van der Waals surface area contributed by atoms with Crippen LogP contribution in [0.2, 0.25) is 0 Å². The maximum atomic E-state index is 10.5. The average Bonchev–Trinajstić information content (AvgIpc) is 1.77. The van der Waals surface area contributed by atoms with Crippen LogP contribution in [-0.2, 0) is 14.1 Å². The molecule has 14 rings (SSSR count). The molecule has 0 unspecified atom stereocenters. The van der Waals surface area contributed by atoms with Crippen LogP contribution in [0.1, 0.15) is 207 Å². The molecule has 4 aromatic carbocycles. The predicted molar refractivity (Wildman–Crippen MR) is 478 cm³/mol. The molecule has 0 aliphatic carbocycles. The third kappa shape index (κ3) is 18.1. The first kappa shape index (κ1) is 91.5. The molecule has 0 atom stereocenters. The normalized spacial score (nSPS) is 11.0. The molecule has 0 bridgehead atoms. The van der Waals surface area contributed by atoms with Crippen molar-refractivity contribution in [3.8, 4) is 95.9 Å². The molecule has 0 spiro atoms. The Bertz CT molecular complexity index is 5560. The SMILES string of the molecule is Cc1nc(-c2c(C)c(C)c(C)c(C)c2O)n(C)c1C.Cc1nc(-c2c(C)c(C)c(C)c(C)c2O)oc1C.Cc1nc(-c2c(C)c(C)c(C)c(C)c2O)sc1C.Cc1nc(-c2n[nH]c(C)c2C)n(C)c1C.Cc1nc(-c2n[nH]c(C)c2C)oc1C.Cc1nc(-c2n[nH]c(C)c2C)sc1C.Cc1nn(-c2c(C)c(C)c(C)c(C)c2O)c(C)c1C. The van der Waals surface area contributed by atoms with Gasteiger partial charge in [-0.05, 0) is 351 Å². The molecule has 0 fully saturated rings. The lowest BCUT2D eigenvalue weighted by Gasteiger charge is -2.18. The van der Waals surface area contributed by atoms with E-state index in [2.05, 4.69) is 167 Å². The number of nitrogens with one attached hydrogen (secondary N) is 3. The predicted octanol–water partition coefficient (Wildman–Crippen LogP) is 22.8. The average molecular weight is 1630 g/mol. The van der Waals surface area contributed by atoms with E-state index >= 15 is 0 Å². The Morgan fingerprint density at radius 3 is 0.974 bits per heavy atom. The molecule has 22 nitrogen and oxygen atoms in total. The van der Waals surface area contributed by atoms with Gasteiger partial charge in [0.15, 0.2) is 11.5 Å². The van der Waals surface area contributed by atoms with E-state index in [1.54, 1.807) is 22.7 Å². The van der Waals surface area contributed by atoms with Crippen LogP contribution in [0.5, 0.6) is 23.0 Å². The lowest BCUT2D eigenvalue weighted by Crippen LogP contribution is -2.06. The number of phenols is 4. The van der Waals surface area contributed by atoms with Gasteiger partial charge in [-0.2, -0.15) is 20.4 Å². The summed E-state index contributed by atoms with van der Waals surface area (Å²) in [5.41, 5.74) is 41.8. The maximum absolute atomic E-state index is 10.5. The van der Waals surface area contributed by atoms with Crippen LogP contribution < -0.4 is 0 Å². The Morgan fingerprint density at radius 1 is 0.274 bits per heavy atom. The molecule has 0 saturated carbocycles. The summed E-state index contributed by atoms with van der Waals surface area (Å²) in [7, 11) is 4.02. The van der Waals surface area contributed by atoms with E-state index in [-0.39, 0.29) is 5.75 Å². The number of hydrogen-bond donors (Lipinski definition) is 7. The van der Waals surface area contributed by atoms with Crippen molar-refractivity contribution < 1.29 is 29.3 Å². The molecule has 117 heavy (non-hydrogen) atoms. The van der Waals surface area contributed by atoms with Gasteiger partial charge in [0.05, 0.1) is 56.5 Å². The Kier molecular flexibility index (Phi) is 28.4. The number of rotatable bonds is 7. The first-order chi connectivity index (χ1) is 54.4. The standard InChI is InChI=1S/2C16H22N2O.C15H19NO2.C15H19NOS.C11H16N4.C10H13N3O.C10H13N3S/c1-8-9(2)11(4)15(19)14(10(8)3)16-17-12(5)13(6)18(16)7;1-8-9(2)11(4)16(19)15(10(8)3)18-14(7)12(5)13(6)17-18;2*1-7-8(2)10(4)14(17)13(9(7)3)15-16-11(5)12(6)18-15;1-6-7(2)13-14-10(6)11-12-8(3)9(4)15(11)5;2*1-5-6(2)12-13-9(5)10-11-7(3)8(4)14-10/h2*19H,1-7H3;2*17H,1-6H3;1-5H3,(H,13,14);2*1-4H3,(H,12,13). The number of oxazole rings is 2. The second kappa shape index (κ2) is 36.3. The molecule has 10 heterocycles. The third-order valence-electron chi connectivity index (χ3n) is 24.8. The lowest BCUT2D eigenvalue weighted by molar-refractivity contribution is 0.464. The Morgan fingerprint density at radius 2 is 0.615 bits per heavy atom. The first-order valence-electron chi connectivity index (χ1n) is 39.5. The zero-order valence-electron chi connectivity index (χ0n) is 76.7. The number of aromatic nitrogens is 16. The summed E-state index contributed by atoms with van der Waals surface area (Å²) in [5, 5.41) is 69.9. The number of aromatic hydroxyl groups is 4. The van der Waals surface area contributed by atoms with Gasteiger partial charge >= 0.3 is 0 Å². The number of hydrogen-bond acceptors (Lipinski definition) is 18. The van der Waals surface area contributed by atoms with Crippen LogP contribution in [0.3, 0.4) is 0 Å². The quantitative estimate of drug-likeness (QED) is 0.0780. The summed E-state index contributed by atoms with van der Waals surface area (Å²) in [6.45, 7) is 74.7. The van der Waals surface area contributed by atoms with E-state index in [4.69, 9.17) is 8.83 Å². The van der Waals surface area contributed by atoms with Crippen LogP contribution in [0.25, 0.3) is 72.9 Å². The highest BCUT2D eigenvalue weighted by Gasteiger charge is 2.26. The van der Waals surface area contributed by atoms with Gasteiger partial charge in [-0.3, -0.25) is 15.3 Å². The van der Waals surface area contributed by atoms with Crippen LogP contribution in [0.4, 0.5) is 0 Å². The summed E-state index contributed by atoms with van der Waals surface area (Å²) in [4.78, 5) is 29.4. The minimum atomic E-state index is 0.275. The van der Waals surface area contributed by atoms with Crippen molar-refractivity contribution in [1.29, 1.82) is 0 Å². The number of phenolic OH excluding ortho intramolecular Hbond substituents is 4. The molecule has 7 N–H and O–H groups in total. The van der Waals surface area contributed by atoms with E-state index in [0.29, 0.717) is 34.6 Å². The smallest absolute Gasteiger partial charge is 0.247 e. The fraction of sp³-hybridized carbons (Fsp3) is 0.419. The highest BCUT2D eigenvalue weighted by atomic mass is 32.1. The zero-order chi connectivity index (χ0) is 87.9. The molecule has 10 aromatic heterocycles. The number of thiazole rings is 2. The largest absolute Gasteiger partial charge is 0.507 e. The highest BCUT2D eigenvalue weighted by molar-refractivity contribution is 7.15. The van der Waals surface area contributed by atoms with E-state index < -0.39 is 0 Å². The van der Waals surface area contributed by atoms with Gasteiger partial charge in [0.2, 0.25) is 11.8 Å². The monoisotopic (exact) mass is 1620 g/mol. The van der Waals surface area contributed by atoms with Gasteiger partial charge < -0.3 is 38.4 Å². The van der Waals surface area contributed by atoms with E-state index in [0.717, 1.165) is 202 Å². The van der Waals surface area contributed by atoms with Gasteiger partial charge in [-0.1, -0.05) is 0 Å². The molecule has 14 aromatic rings. The summed E-state index contributed by atoms with van der Waals surface area (Å²) < 4.78 is 17.1. The fourth-order valence-electron chi connectivity index (χ4n) is 13.4. The second-order valence-corrected chi connectivity index (χ2v) is 33.9. The highest BCUT2D eigenvalue weighted by Crippen LogP contribution is 2.44. The number of nitrogens with zero attached hydrogens (tertiary/aromatic N) is 13. The van der Waals surface area contributed by atoms with Crippen molar-refractivity contribution in [3.05, 3.63) is 207 Å². The maximum Gasteiger partial charge on any atom is 0.247 e. The Labute approximate surface area is 699 Å². The van der Waals surface area contributed by atoms with Gasteiger partial charge in [0, 0.05) is 74.7 Å². The molecular weight excluding hydrogens is 1500 g/mol. The van der Waals surface area contributed by atoms with Gasteiger partial charge in [-0.15, -0.1) is 22.7 Å². The first-order valence-corrected chi connectivity index (χ1v) is 41.1. The van der Waals surface area contributed by atoms with Crippen LogP contribution in [0.15, 0.2) is 8.83 Å². The number of aromatic amines is 3. The summed E-state index contributed by atoms with van der Waals surface area (Å²) in [5.74, 6) is 5.87. The van der Waals surface area contributed by atoms with Gasteiger partial charge in [0.1, 0.15) is 67.4 Å². The number of H-pyrrole nitrogens is 3. The molecular formula is C93H124N16O6S2. The van der Waals surface area contributed by atoms with Crippen molar-refractivity contribution in [2.45, 2.75) is 256 Å². The van der Waals surface area contributed by atoms with Crippen molar-refractivity contribution in [2.75, 3.05) is 0 Å². The van der Waals surface area contributed by atoms with Gasteiger partial charge in [-0.25, -0.2) is 34.6 Å². The topological polar surface area (TPSA) is 298 Å². The van der Waals surface area contributed by atoms with Crippen LogP contribution >= 0.6 is 22.7 Å². The lowest BCUT2D eigenvalue weighted by atomic mass is 9.93. The Balaban J connectivity index is 0.000000171. The number of benzene rings is 4. The van der Waals surface area contributed by atoms with Crippen molar-refractivity contribution in [2.24, 2.45) is 14.1 Å². The molecule has 0 aliphatic rings. The van der Waals surface area contributed by atoms with E-state index in [9.17, 15) is 20.4 Å². The number of aryl methyl sites for hydroxylation is 14. The molecule has 0 amide bonds. The molecule has 0 saturated heterocycles.